The third kappa shape index (κ3) is 2.44. The summed E-state index contributed by atoms with van der Waals surface area (Å²) < 4.78 is 0. The van der Waals surface area contributed by atoms with Gasteiger partial charge < -0.3 is 5.73 Å². The van der Waals surface area contributed by atoms with E-state index in [1.807, 2.05) is 0 Å². The first-order chi connectivity index (χ1) is 5.75. The van der Waals surface area contributed by atoms with Crippen molar-refractivity contribution in [2.75, 3.05) is 0 Å². The molecule has 12 heavy (non-hydrogen) atoms. The molecular formula is C10H19NS. The first-order valence-corrected chi connectivity index (χ1v) is 5.45. The van der Waals surface area contributed by atoms with Crippen LogP contribution >= 0.6 is 12.2 Å². The van der Waals surface area contributed by atoms with E-state index >= 15 is 0 Å². The summed E-state index contributed by atoms with van der Waals surface area (Å²) in [6.45, 7) is 2.19. The van der Waals surface area contributed by atoms with Crippen molar-refractivity contribution in [1.82, 2.24) is 0 Å². The molecule has 0 heterocycles. The molecule has 1 aliphatic carbocycles. The lowest BCUT2D eigenvalue weighted by Gasteiger charge is -2.28. The van der Waals surface area contributed by atoms with Crippen molar-refractivity contribution in [1.29, 1.82) is 0 Å². The van der Waals surface area contributed by atoms with Crippen molar-refractivity contribution in [2.24, 2.45) is 17.6 Å². The molecule has 0 radical (unpaired) electrons. The van der Waals surface area contributed by atoms with Gasteiger partial charge in [0, 0.05) is 5.92 Å². The molecule has 0 aromatic rings. The molecule has 1 aliphatic rings. The Morgan fingerprint density at radius 2 is 2.00 bits per heavy atom. The highest BCUT2D eigenvalue weighted by atomic mass is 32.1. The summed E-state index contributed by atoms with van der Waals surface area (Å²) in [6, 6.07) is 0. The zero-order valence-electron chi connectivity index (χ0n) is 7.88. The van der Waals surface area contributed by atoms with E-state index in [9.17, 15) is 0 Å². The van der Waals surface area contributed by atoms with Crippen LogP contribution in [0.1, 0.15) is 45.4 Å². The van der Waals surface area contributed by atoms with E-state index in [2.05, 4.69) is 6.92 Å². The maximum absolute atomic E-state index is 5.71. The van der Waals surface area contributed by atoms with Crippen molar-refractivity contribution in [3.05, 3.63) is 0 Å². The Balaban J connectivity index is 2.46. The molecule has 0 spiro atoms. The predicted molar refractivity (Wildman–Crippen MR) is 57.1 cm³/mol. The minimum atomic E-state index is 0.514. The maximum Gasteiger partial charge on any atom is 0.0761 e. The van der Waals surface area contributed by atoms with Gasteiger partial charge in [0.25, 0.3) is 0 Å². The van der Waals surface area contributed by atoms with Crippen LogP contribution in [0.15, 0.2) is 0 Å². The van der Waals surface area contributed by atoms with Crippen LogP contribution < -0.4 is 5.73 Å². The summed E-state index contributed by atoms with van der Waals surface area (Å²) in [5.41, 5.74) is 5.71. The first kappa shape index (κ1) is 9.97. The molecule has 1 saturated carbocycles. The molecule has 0 amide bonds. The lowest BCUT2D eigenvalue weighted by molar-refractivity contribution is 0.295. The number of hydrogen-bond donors (Lipinski definition) is 1. The molecule has 2 heteroatoms. The molecule has 0 aliphatic heterocycles. The second-order valence-corrected chi connectivity index (χ2v) is 4.29. The summed E-state index contributed by atoms with van der Waals surface area (Å²) in [6.07, 6.45) is 7.98. The van der Waals surface area contributed by atoms with Gasteiger partial charge >= 0.3 is 0 Å². The summed E-state index contributed by atoms with van der Waals surface area (Å²) in [5, 5.41) is 0. The maximum atomic E-state index is 5.71. The Morgan fingerprint density at radius 3 is 2.42 bits per heavy atom. The fraction of sp³-hybridized carbons (Fsp3) is 0.900. The predicted octanol–water partition coefficient (Wildman–Crippen LogP) is 2.88. The monoisotopic (exact) mass is 185 g/mol. The lowest BCUT2D eigenvalue weighted by Crippen LogP contribution is -2.29. The van der Waals surface area contributed by atoms with Gasteiger partial charge in [-0.15, -0.1) is 0 Å². The van der Waals surface area contributed by atoms with E-state index in [0.717, 1.165) is 17.3 Å². The van der Waals surface area contributed by atoms with E-state index in [-0.39, 0.29) is 0 Å². The second-order valence-electron chi connectivity index (χ2n) is 3.82. The van der Waals surface area contributed by atoms with Gasteiger partial charge in [0.2, 0.25) is 0 Å². The number of rotatable bonds is 3. The van der Waals surface area contributed by atoms with Crippen molar-refractivity contribution < 1.29 is 0 Å². The number of thiocarbonyl (C=S) groups is 1. The van der Waals surface area contributed by atoms with Gasteiger partial charge in [0.1, 0.15) is 0 Å². The van der Waals surface area contributed by atoms with Crippen LogP contribution in [0.25, 0.3) is 0 Å². The average molecular weight is 185 g/mol. The zero-order valence-corrected chi connectivity index (χ0v) is 8.70. The topological polar surface area (TPSA) is 26.0 Å². The van der Waals surface area contributed by atoms with E-state index in [0.29, 0.717) is 5.92 Å². The van der Waals surface area contributed by atoms with Crippen LogP contribution in [0.2, 0.25) is 0 Å². The Hall–Kier alpha value is -0.110. The van der Waals surface area contributed by atoms with Crippen molar-refractivity contribution in [2.45, 2.75) is 45.4 Å². The van der Waals surface area contributed by atoms with Gasteiger partial charge in [-0.1, -0.05) is 38.4 Å². The van der Waals surface area contributed by atoms with Crippen LogP contribution in [0, 0.1) is 11.8 Å². The molecule has 0 bridgehead atoms. The smallest absolute Gasteiger partial charge is 0.0761 e. The summed E-state index contributed by atoms with van der Waals surface area (Å²) in [7, 11) is 0. The third-order valence-corrected chi connectivity index (χ3v) is 3.33. The van der Waals surface area contributed by atoms with Crippen molar-refractivity contribution >= 4 is 17.2 Å². The third-order valence-electron chi connectivity index (χ3n) is 3.02. The van der Waals surface area contributed by atoms with Gasteiger partial charge in [-0.25, -0.2) is 0 Å². The number of hydrogen-bond acceptors (Lipinski definition) is 1. The minimum absolute atomic E-state index is 0.514. The molecular weight excluding hydrogens is 166 g/mol. The Labute approximate surface area is 80.7 Å². The molecule has 1 atom stereocenters. The highest BCUT2D eigenvalue weighted by Crippen LogP contribution is 2.31. The Bertz CT molecular complexity index is 150. The minimum Gasteiger partial charge on any atom is -0.393 e. The van der Waals surface area contributed by atoms with Crippen LogP contribution in [0.3, 0.4) is 0 Å². The summed E-state index contributed by atoms with van der Waals surface area (Å²) in [4.78, 5) is 0.740. The van der Waals surface area contributed by atoms with Gasteiger partial charge in [-0.2, -0.15) is 0 Å². The fourth-order valence-electron chi connectivity index (χ4n) is 2.30. The van der Waals surface area contributed by atoms with Gasteiger partial charge in [0.05, 0.1) is 4.99 Å². The van der Waals surface area contributed by atoms with E-state index in [1.54, 1.807) is 0 Å². The lowest BCUT2D eigenvalue weighted by atomic mass is 9.79. The molecule has 1 fully saturated rings. The number of nitrogens with two attached hydrogens (primary N) is 1. The van der Waals surface area contributed by atoms with Crippen molar-refractivity contribution in [3.63, 3.8) is 0 Å². The van der Waals surface area contributed by atoms with Crippen LogP contribution in [0.5, 0.6) is 0 Å². The Morgan fingerprint density at radius 1 is 1.42 bits per heavy atom. The molecule has 0 aromatic carbocycles. The molecule has 0 saturated heterocycles. The van der Waals surface area contributed by atoms with Gasteiger partial charge in [-0.3, -0.25) is 0 Å². The first-order valence-electron chi connectivity index (χ1n) is 5.05. The van der Waals surface area contributed by atoms with Crippen LogP contribution in [-0.2, 0) is 0 Å². The van der Waals surface area contributed by atoms with Crippen LogP contribution in [0.4, 0.5) is 0 Å². The molecule has 1 rings (SSSR count). The molecule has 1 nitrogen and oxygen atoms in total. The quantitative estimate of drug-likeness (QED) is 0.684. The van der Waals surface area contributed by atoms with E-state index in [4.69, 9.17) is 18.0 Å². The highest BCUT2D eigenvalue weighted by molar-refractivity contribution is 7.80. The Kier molecular flexibility index (Phi) is 3.99. The fourth-order valence-corrected chi connectivity index (χ4v) is 2.66. The second kappa shape index (κ2) is 4.80. The molecule has 1 unspecified atom stereocenters. The van der Waals surface area contributed by atoms with Gasteiger partial charge in [-0.05, 0) is 25.2 Å². The summed E-state index contributed by atoms with van der Waals surface area (Å²) >= 11 is 5.07. The van der Waals surface area contributed by atoms with E-state index < -0.39 is 0 Å². The molecule has 2 N–H and O–H groups in total. The van der Waals surface area contributed by atoms with Crippen LogP contribution in [-0.4, -0.2) is 4.99 Å². The summed E-state index contributed by atoms with van der Waals surface area (Å²) in [5.74, 6) is 1.31. The standard InChI is InChI=1S/C10H19NS/c1-2-9(10(11)12)8-6-4-3-5-7-8/h8-9H,2-7H2,1H3,(H2,11,12). The zero-order chi connectivity index (χ0) is 8.97. The van der Waals surface area contributed by atoms with E-state index in [1.165, 1.54) is 32.1 Å². The highest BCUT2D eigenvalue weighted by Gasteiger charge is 2.23. The van der Waals surface area contributed by atoms with Gasteiger partial charge in [0.15, 0.2) is 0 Å². The SMILES string of the molecule is CCC(C(N)=S)C1CCCCC1. The van der Waals surface area contributed by atoms with Crippen molar-refractivity contribution in [3.8, 4) is 0 Å². The largest absolute Gasteiger partial charge is 0.393 e. The average Bonchev–Trinajstić information content (AvgIpc) is 2.07. The normalized spacial score (nSPS) is 22.1. The molecule has 0 aromatic heterocycles. The molecule has 70 valence electrons.